The summed E-state index contributed by atoms with van der Waals surface area (Å²) in [5, 5.41) is 4.53. The predicted molar refractivity (Wildman–Crippen MR) is 123 cm³/mol. The van der Waals surface area contributed by atoms with E-state index < -0.39 is 11.6 Å². The summed E-state index contributed by atoms with van der Waals surface area (Å²) in [5.41, 5.74) is 4.41. The average molecular weight is 462 g/mol. The van der Waals surface area contributed by atoms with Gasteiger partial charge in [0.05, 0.1) is 35.7 Å². The molecule has 3 aromatic heterocycles. The molecule has 1 aromatic carbocycles. The van der Waals surface area contributed by atoms with Gasteiger partial charge in [-0.3, -0.25) is 9.67 Å². The molecule has 6 nitrogen and oxygen atoms in total. The Morgan fingerprint density at radius 2 is 1.91 bits per heavy atom. The van der Waals surface area contributed by atoms with E-state index in [1.54, 1.807) is 6.20 Å². The highest BCUT2D eigenvalue weighted by atomic mass is 19.1. The molecule has 0 bridgehead atoms. The number of fused-ring (bicyclic) bond motifs is 1. The first-order chi connectivity index (χ1) is 16.4. The number of ether oxygens (including phenoxy) is 1. The lowest BCUT2D eigenvalue weighted by molar-refractivity contribution is -0.0506. The van der Waals surface area contributed by atoms with E-state index in [-0.39, 0.29) is 23.7 Å². The van der Waals surface area contributed by atoms with Gasteiger partial charge in [-0.25, -0.2) is 18.7 Å². The van der Waals surface area contributed by atoms with Crippen molar-refractivity contribution in [3.05, 3.63) is 71.4 Å². The summed E-state index contributed by atoms with van der Waals surface area (Å²) in [6, 6.07) is 6.00. The Morgan fingerprint density at radius 1 is 1.06 bits per heavy atom. The Labute approximate surface area is 196 Å². The molecule has 1 saturated heterocycles. The van der Waals surface area contributed by atoms with Crippen molar-refractivity contribution in [1.29, 1.82) is 0 Å². The molecule has 0 amide bonds. The molecule has 8 heteroatoms. The van der Waals surface area contributed by atoms with Gasteiger partial charge in [0.1, 0.15) is 22.8 Å². The van der Waals surface area contributed by atoms with Gasteiger partial charge in [-0.2, -0.15) is 5.10 Å². The van der Waals surface area contributed by atoms with Gasteiger partial charge in [0.2, 0.25) is 0 Å². The van der Waals surface area contributed by atoms with E-state index in [9.17, 15) is 8.78 Å². The first kappa shape index (κ1) is 21.3. The number of benzene rings is 1. The molecule has 4 aromatic rings. The van der Waals surface area contributed by atoms with Crippen molar-refractivity contribution in [2.45, 2.75) is 63.7 Å². The van der Waals surface area contributed by atoms with Crippen molar-refractivity contribution in [2.75, 3.05) is 0 Å². The van der Waals surface area contributed by atoms with Crippen molar-refractivity contribution in [2.24, 2.45) is 0 Å². The second kappa shape index (κ2) is 8.20. The smallest absolute Gasteiger partial charge is 0.135 e. The zero-order valence-electron chi connectivity index (χ0n) is 19.1. The van der Waals surface area contributed by atoms with Crippen LogP contribution in [0.3, 0.4) is 0 Å². The summed E-state index contributed by atoms with van der Waals surface area (Å²) in [6.45, 7) is 3.94. The van der Waals surface area contributed by atoms with Gasteiger partial charge in [0.15, 0.2) is 0 Å². The maximum Gasteiger partial charge on any atom is 0.135 e. The Kier molecular flexibility index (Phi) is 5.13. The lowest BCUT2D eigenvalue weighted by Gasteiger charge is -2.33. The Hall–Kier alpha value is -3.26. The molecule has 174 valence electrons. The number of hydrogen-bond donors (Lipinski definition) is 0. The van der Waals surface area contributed by atoms with Crippen LogP contribution in [0.4, 0.5) is 8.78 Å². The first-order valence-electron chi connectivity index (χ1n) is 11.7. The van der Waals surface area contributed by atoms with Crippen LogP contribution in [0.15, 0.2) is 42.9 Å². The molecule has 6 rings (SSSR count). The topological polar surface area (TPSA) is 65.7 Å². The highest BCUT2D eigenvalue weighted by molar-refractivity contribution is 5.89. The first-order valence-corrected chi connectivity index (χ1v) is 11.7. The van der Waals surface area contributed by atoms with Gasteiger partial charge in [0, 0.05) is 41.2 Å². The minimum absolute atomic E-state index is 0.0279. The van der Waals surface area contributed by atoms with Crippen LogP contribution in [0.2, 0.25) is 0 Å². The summed E-state index contributed by atoms with van der Waals surface area (Å²) >= 11 is 0. The lowest BCUT2D eigenvalue weighted by Crippen LogP contribution is -2.25. The molecule has 3 atom stereocenters. The van der Waals surface area contributed by atoms with Crippen LogP contribution < -0.4 is 0 Å². The maximum absolute atomic E-state index is 14.8. The minimum atomic E-state index is -0.668. The Morgan fingerprint density at radius 3 is 2.71 bits per heavy atom. The quantitative estimate of drug-likeness (QED) is 0.382. The highest BCUT2D eigenvalue weighted by Crippen LogP contribution is 2.42. The molecule has 0 spiro atoms. The molecule has 3 unspecified atom stereocenters. The van der Waals surface area contributed by atoms with Crippen molar-refractivity contribution >= 4 is 11.0 Å². The van der Waals surface area contributed by atoms with Crippen LogP contribution in [0, 0.1) is 18.6 Å². The Bertz CT molecular complexity index is 1380. The molecule has 1 aliphatic carbocycles. The predicted octanol–water partition coefficient (Wildman–Crippen LogP) is 5.83. The number of rotatable bonds is 4. The number of nitrogens with zero attached hydrogens (tertiary/aromatic N) is 5. The summed E-state index contributed by atoms with van der Waals surface area (Å²) in [7, 11) is 0. The van der Waals surface area contributed by atoms with Gasteiger partial charge >= 0.3 is 0 Å². The van der Waals surface area contributed by atoms with Gasteiger partial charge in [-0.15, -0.1) is 0 Å². The van der Waals surface area contributed by atoms with Gasteiger partial charge < -0.3 is 4.74 Å². The molecule has 4 heterocycles. The van der Waals surface area contributed by atoms with Gasteiger partial charge in [-0.1, -0.05) is 0 Å². The molecule has 1 aliphatic heterocycles. The molecular weight excluding hydrogens is 436 g/mol. The molecule has 0 radical (unpaired) electrons. The fourth-order valence-electron chi connectivity index (χ4n) is 4.87. The average Bonchev–Trinajstić information content (AvgIpc) is 3.54. The molecule has 34 heavy (non-hydrogen) atoms. The Balaban J connectivity index is 1.41. The van der Waals surface area contributed by atoms with Crippen molar-refractivity contribution in [3.8, 4) is 11.3 Å². The van der Waals surface area contributed by atoms with E-state index in [0.717, 1.165) is 35.9 Å². The second-order valence-corrected chi connectivity index (χ2v) is 9.49. The zero-order chi connectivity index (χ0) is 23.4. The highest BCUT2D eigenvalue weighted by Gasteiger charge is 2.33. The third-order valence-electron chi connectivity index (χ3n) is 6.70. The van der Waals surface area contributed by atoms with Crippen LogP contribution in [-0.4, -0.2) is 30.8 Å². The van der Waals surface area contributed by atoms with Crippen LogP contribution in [0.25, 0.3) is 22.3 Å². The van der Waals surface area contributed by atoms with Crippen LogP contribution in [0.5, 0.6) is 0 Å². The minimum Gasteiger partial charge on any atom is -0.370 e. The van der Waals surface area contributed by atoms with Crippen molar-refractivity contribution in [3.63, 3.8) is 0 Å². The summed E-state index contributed by atoms with van der Waals surface area (Å²) in [6.07, 6.45) is 9.46. The fraction of sp³-hybridized carbons (Fsp3) is 0.385. The van der Waals surface area contributed by atoms with Gasteiger partial charge in [-0.05, 0) is 57.7 Å². The van der Waals surface area contributed by atoms with E-state index in [1.165, 1.54) is 25.0 Å². The third kappa shape index (κ3) is 3.96. The molecular formula is C26H25F2N5O. The number of halogens is 2. The summed E-state index contributed by atoms with van der Waals surface area (Å²) in [4.78, 5) is 14.0. The number of aryl methyl sites for hydroxylation is 1. The van der Waals surface area contributed by atoms with Crippen molar-refractivity contribution in [1.82, 2.24) is 24.7 Å². The van der Waals surface area contributed by atoms with E-state index in [1.807, 2.05) is 23.9 Å². The monoisotopic (exact) mass is 461 g/mol. The van der Waals surface area contributed by atoms with Gasteiger partial charge in [0.25, 0.3) is 0 Å². The standard InChI is InChI=1S/C26H25F2N5O/c1-14-11-29-26-23(31-14)10-22(32-25(26)20-6-3-18(27)9-21(20)28)16-7-15(2)34-24(8-16)17-12-30-33(13-17)19-4-5-19/h3,6,9-13,15-16,19,24H,4-5,7-8H2,1-2H3. The normalized spacial score (nSPS) is 22.9. The van der Waals surface area contributed by atoms with E-state index in [0.29, 0.717) is 22.8 Å². The largest absolute Gasteiger partial charge is 0.370 e. The van der Waals surface area contributed by atoms with Crippen LogP contribution in [-0.2, 0) is 4.74 Å². The number of pyridine rings is 1. The van der Waals surface area contributed by atoms with Crippen LogP contribution in [0.1, 0.15) is 67.6 Å². The zero-order valence-corrected chi connectivity index (χ0v) is 19.1. The second-order valence-electron chi connectivity index (χ2n) is 9.49. The number of aromatic nitrogens is 5. The summed E-state index contributed by atoms with van der Waals surface area (Å²) in [5.74, 6) is -1.21. The summed E-state index contributed by atoms with van der Waals surface area (Å²) < 4.78 is 36.7. The van der Waals surface area contributed by atoms with Crippen LogP contribution >= 0.6 is 0 Å². The lowest BCUT2D eigenvalue weighted by atomic mass is 9.87. The van der Waals surface area contributed by atoms with E-state index >= 15 is 0 Å². The third-order valence-corrected chi connectivity index (χ3v) is 6.70. The fourth-order valence-corrected chi connectivity index (χ4v) is 4.87. The molecule has 2 fully saturated rings. The maximum atomic E-state index is 14.8. The molecule has 2 aliphatic rings. The molecule has 0 N–H and O–H groups in total. The SMILES string of the molecule is Cc1cnc2c(-c3ccc(F)cc3F)nc(C3CC(C)OC(c4cnn(C5CC5)c4)C3)cc2n1. The van der Waals surface area contributed by atoms with Crippen molar-refractivity contribution < 1.29 is 13.5 Å². The molecule has 1 saturated carbocycles. The van der Waals surface area contributed by atoms with E-state index in [2.05, 4.69) is 28.2 Å². The number of hydrogen-bond acceptors (Lipinski definition) is 5. The van der Waals surface area contributed by atoms with E-state index in [4.69, 9.17) is 9.72 Å².